The number of amides is 2. The fraction of sp³-hybridized carbons (Fsp3) is 0.333. The molecule has 1 fully saturated rings. The highest BCUT2D eigenvalue weighted by atomic mass is 16.3. The molecule has 0 N–H and O–H groups in total. The van der Waals surface area contributed by atoms with Crippen LogP contribution in [-0.4, -0.2) is 45.3 Å². The summed E-state index contributed by atoms with van der Waals surface area (Å²) in [6.07, 6.45) is 5.43. The van der Waals surface area contributed by atoms with Crippen LogP contribution in [0.3, 0.4) is 0 Å². The molecule has 0 bridgehead atoms. The second-order valence-corrected chi connectivity index (χ2v) is 8.11. The van der Waals surface area contributed by atoms with Crippen molar-refractivity contribution in [2.75, 3.05) is 13.1 Å². The van der Waals surface area contributed by atoms with Crippen molar-refractivity contribution in [3.05, 3.63) is 83.6 Å². The molecular weight excluding hydrogens is 378 g/mol. The van der Waals surface area contributed by atoms with Gasteiger partial charge in [0.05, 0.1) is 12.3 Å². The molecule has 1 saturated carbocycles. The maximum atomic E-state index is 13.5. The number of carbonyl (C=O) groups is 2. The zero-order valence-corrected chi connectivity index (χ0v) is 17.0. The second kappa shape index (κ2) is 7.52. The smallest absolute Gasteiger partial charge is 0.290 e. The lowest BCUT2D eigenvalue weighted by molar-refractivity contribution is -0.134. The molecule has 0 saturated heterocycles. The van der Waals surface area contributed by atoms with E-state index in [-0.39, 0.29) is 36.2 Å². The molecule has 0 radical (unpaired) electrons. The van der Waals surface area contributed by atoms with Crippen molar-refractivity contribution in [1.29, 1.82) is 0 Å². The van der Waals surface area contributed by atoms with E-state index in [1.807, 2.05) is 23.1 Å². The van der Waals surface area contributed by atoms with Crippen LogP contribution < -0.4 is 0 Å². The lowest BCUT2D eigenvalue weighted by Crippen LogP contribution is -2.48. The van der Waals surface area contributed by atoms with Crippen LogP contribution in [0.4, 0.5) is 0 Å². The number of furan rings is 1. The van der Waals surface area contributed by atoms with Crippen LogP contribution in [0.15, 0.2) is 65.4 Å². The van der Waals surface area contributed by atoms with Gasteiger partial charge >= 0.3 is 0 Å². The highest BCUT2D eigenvalue weighted by Crippen LogP contribution is 2.35. The molecule has 6 nitrogen and oxygen atoms in total. The topological polar surface area (TPSA) is 58.7 Å². The third-order valence-electron chi connectivity index (χ3n) is 6.13. The molecule has 2 amide bonds. The first-order valence-electron chi connectivity index (χ1n) is 10.5. The van der Waals surface area contributed by atoms with Gasteiger partial charge in [-0.3, -0.25) is 9.59 Å². The SMILES string of the molecule is Cc1ccccc1[C@H]1c2cccn2CCN1C(=O)CN(C(=O)c1ccco1)C1CC1. The molecule has 0 spiro atoms. The molecule has 3 aromatic rings. The zero-order valence-electron chi connectivity index (χ0n) is 17.0. The van der Waals surface area contributed by atoms with Crippen LogP contribution in [0.25, 0.3) is 0 Å². The summed E-state index contributed by atoms with van der Waals surface area (Å²) in [5.74, 6) is 0.0591. The predicted octanol–water partition coefficient (Wildman–Crippen LogP) is 3.63. The molecule has 2 aliphatic rings. The highest BCUT2D eigenvalue weighted by molar-refractivity contribution is 5.94. The standard InChI is InChI=1S/C24H25N3O3/c1-17-6-2-3-7-19(17)23-20-8-4-12-25(20)13-14-26(23)22(28)16-27(18-10-11-18)24(29)21-9-5-15-30-21/h2-9,12,15,18,23H,10-11,13-14,16H2,1H3/t23-/m0/s1. The van der Waals surface area contributed by atoms with Crippen molar-refractivity contribution in [1.82, 2.24) is 14.4 Å². The number of rotatable bonds is 5. The molecule has 6 heteroatoms. The van der Waals surface area contributed by atoms with Gasteiger partial charge in [0.25, 0.3) is 5.91 Å². The number of fused-ring (bicyclic) bond motifs is 1. The molecule has 1 aliphatic carbocycles. The summed E-state index contributed by atoms with van der Waals surface area (Å²) in [4.78, 5) is 30.1. The summed E-state index contributed by atoms with van der Waals surface area (Å²) < 4.78 is 7.52. The van der Waals surface area contributed by atoms with Gasteiger partial charge in [-0.15, -0.1) is 0 Å². The van der Waals surface area contributed by atoms with Gasteiger partial charge in [0, 0.05) is 31.0 Å². The molecule has 2 aromatic heterocycles. The molecular formula is C24H25N3O3. The molecule has 1 aromatic carbocycles. The Morgan fingerprint density at radius 1 is 1.07 bits per heavy atom. The maximum Gasteiger partial charge on any atom is 0.290 e. The number of aromatic nitrogens is 1. The van der Waals surface area contributed by atoms with Crippen LogP contribution in [0.2, 0.25) is 0 Å². The van der Waals surface area contributed by atoms with E-state index in [1.54, 1.807) is 17.0 Å². The first kappa shape index (κ1) is 18.7. The maximum absolute atomic E-state index is 13.5. The molecule has 0 unspecified atom stereocenters. The van der Waals surface area contributed by atoms with E-state index in [2.05, 4.69) is 35.9 Å². The first-order valence-corrected chi connectivity index (χ1v) is 10.5. The van der Waals surface area contributed by atoms with Gasteiger partial charge in [-0.05, 0) is 55.2 Å². The number of hydrogen-bond acceptors (Lipinski definition) is 3. The average Bonchev–Trinajstić information content (AvgIpc) is 3.24. The minimum absolute atomic E-state index is 0.0255. The summed E-state index contributed by atoms with van der Waals surface area (Å²) in [5, 5.41) is 0. The lowest BCUT2D eigenvalue weighted by atomic mass is 9.95. The minimum Gasteiger partial charge on any atom is -0.459 e. The third kappa shape index (κ3) is 3.32. The second-order valence-electron chi connectivity index (χ2n) is 8.11. The summed E-state index contributed by atoms with van der Waals surface area (Å²) in [7, 11) is 0. The molecule has 1 atom stereocenters. The van der Waals surface area contributed by atoms with Gasteiger partial charge in [0.15, 0.2) is 5.76 Å². The summed E-state index contributed by atoms with van der Waals surface area (Å²) in [6.45, 7) is 3.53. The number of carbonyl (C=O) groups excluding carboxylic acids is 2. The Hall–Kier alpha value is -3.28. The van der Waals surface area contributed by atoms with Crippen molar-refractivity contribution >= 4 is 11.8 Å². The molecule has 30 heavy (non-hydrogen) atoms. The Morgan fingerprint density at radius 3 is 2.63 bits per heavy atom. The molecule has 3 heterocycles. The Morgan fingerprint density at radius 2 is 1.90 bits per heavy atom. The predicted molar refractivity (Wildman–Crippen MR) is 112 cm³/mol. The summed E-state index contributed by atoms with van der Waals surface area (Å²) >= 11 is 0. The van der Waals surface area contributed by atoms with Gasteiger partial charge in [-0.1, -0.05) is 24.3 Å². The normalized spacial score (nSPS) is 18.2. The Kier molecular flexibility index (Phi) is 4.69. The van der Waals surface area contributed by atoms with E-state index in [1.165, 1.54) is 6.26 Å². The Labute approximate surface area is 175 Å². The van der Waals surface area contributed by atoms with Crippen molar-refractivity contribution in [3.63, 3.8) is 0 Å². The third-order valence-corrected chi connectivity index (χ3v) is 6.13. The fourth-order valence-corrected chi connectivity index (χ4v) is 4.40. The van der Waals surface area contributed by atoms with Crippen molar-refractivity contribution in [2.45, 2.75) is 38.4 Å². The molecule has 154 valence electrons. The van der Waals surface area contributed by atoms with Gasteiger partial charge < -0.3 is 18.8 Å². The van der Waals surface area contributed by atoms with Crippen LogP contribution in [-0.2, 0) is 11.3 Å². The van der Waals surface area contributed by atoms with E-state index in [0.29, 0.717) is 6.54 Å². The van der Waals surface area contributed by atoms with Crippen LogP contribution in [0.5, 0.6) is 0 Å². The van der Waals surface area contributed by atoms with Gasteiger partial charge in [0.2, 0.25) is 5.91 Å². The first-order chi connectivity index (χ1) is 14.6. The van der Waals surface area contributed by atoms with Crippen LogP contribution >= 0.6 is 0 Å². The highest BCUT2D eigenvalue weighted by Gasteiger charge is 2.39. The number of benzene rings is 1. The van der Waals surface area contributed by atoms with Gasteiger partial charge in [-0.25, -0.2) is 0 Å². The minimum atomic E-state index is -0.205. The van der Waals surface area contributed by atoms with Gasteiger partial charge in [-0.2, -0.15) is 0 Å². The number of nitrogens with zero attached hydrogens (tertiary/aromatic N) is 3. The van der Waals surface area contributed by atoms with E-state index in [4.69, 9.17) is 4.42 Å². The van der Waals surface area contributed by atoms with Crippen LogP contribution in [0, 0.1) is 6.92 Å². The van der Waals surface area contributed by atoms with E-state index >= 15 is 0 Å². The molecule has 5 rings (SSSR count). The largest absolute Gasteiger partial charge is 0.459 e. The average molecular weight is 403 g/mol. The monoisotopic (exact) mass is 403 g/mol. The molecule has 1 aliphatic heterocycles. The Balaban J connectivity index is 1.45. The van der Waals surface area contributed by atoms with E-state index in [9.17, 15) is 9.59 Å². The van der Waals surface area contributed by atoms with Crippen molar-refractivity contribution < 1.29 is 14.0 Å². The van der Waals surface area contributed by atoms with E-state index < -0.39 is 0 Å². The summed E-state index contributed by atoms with van der Waals surface area (Å²) in [5.41, 5.74) is 3.39. The van der Waals surface area contributed by atoms with Crippen molar-refractivity contribution in [3.8, 4) is 0 Å². The Bertz CT molecular complexity index is 1070. The fourth-order valence-electron chi connectivity index (χ4n) is 4.40. The summed E-state index contributed by atoms with van der Waals surface area (Å²) in [6, 6.07) is 15.7. The van der Waals surface area contributed by atoms with Crippen LogP contribution in [0.1, 0.15) is 46.3 Å². The number of aryl methyl sites for hydroxylation is 1. The van der Waals surface area contributed by atoms with E-state index in [0.717, 1.165) is 36.2 Å². The zero-order chi connectivity index (χ0) is 20.7. The quantitative estimate of drug-likeness (QED) is 0.654. The lowest BCUT2D eigenvalue weighted by Gasteiger charge is -2.39. The van der Waals surface area contributed by atoms with Crippen molar-refractivity contribution in [2.24, 2.45) is 0 Å². The van der Waals surface area contributed by atoms with Gasteiger partial charge in [0.1, 0.15) is 6.54 Å². The number of hydrogen-bond donors (Lipinski definition) is 0.